The molecule has 7 nitrogen and oxygen atoms in total. The monoisotopic (exact) mass is 536 g/mol. The average Bonchev–Trinajstić information content (AvgIpc) is 3.43. The number of thiophene rings is 1. The zero-order valence-corrected chi connectivity index (χ0v) is 23.3. The maximum Gasteiger partial charge on any atom is 0.254 e. The van der Waals surface area contributed by atoms with Crippen LogP contribution in [-0.4, -0.2) is 68.7 Å². The molecule has 0 saturated heterocycles. The van der Waals surface area contributed by atoms with Gasteiger partial charge in [-0.3, -0.25) is 9.59 Å². The van der Waals surface area contributed by atoms with E-state index in [-0.39, 0.29) is 24.4 Å². The molecule has 1 atom stereocenters. The van der Waals surface area contributed by atoms with E-state index in [1.54, 1.807) is 54.7 Å². The lowest BCUT2D eigenvalue weighted by Gasteiger charge is -2.37. The lowest BCUT2D eigenvalue weighted by atomic mass is 10.00. The number of nitrogens with zero attached hydrogens (tertiary/aromatic N) is 2. The summed E-state index contributed by atoms with van der Waals surface area (Å²) in [5.74, 6) is 1.57. The second kappa shape index (κ2) is 12.9. The van der Waals surface area contributed by atoms with Crippen molar-refractivity contribution in [3.05, 3.63) is 81.5 Å². The minimum atomic E-state index is -0.220. The molecule has 2 amide bonds. The maximum atomic E-state index is 13.7. The first kappa shape index (κ1) is 27.7. The molecule has 1 aliphatic rings. The highest BCUT2D eigenvalue weighted by Crippen LogP contribution is 2.34. The normalized spacial score (nSPS) is 14.8. The molecule has 0 radical (unpaired) electrons. The van der Waals surface area contributed by atoms with E-state index in [4.69, 9.17) is 14.2 Å². The summed E-state index contributed by atoms with van der Waals surface area (Å²) >= 11 is 1.72. The van der Waals surface area contributed by atoms with Crippen molar-refractivity contribution in [1.29, 1.82) is 0 Å². The highest BCUT2D eigenvalue weighted by Gasteiger charge is 2.33. The van der Waals surface area contributed by atoms with Gasteiger partial charge in [0.1, 0.15) is 24.7 Å². The summed E-state index contributed by atoms with van der Waals surface area (Å²) in [6.45, 7) is 5.87. The van der Waals surface area contributed by atoms with Crippen LogP contribution in [0.5, 0.6) is 11.5 Å². The van der Waals surface area contributed by atoms with Gasteiger partial charge in [-0.25, -0.2) is 0 Å². The Morgan fingerprint density at radius 3 is 2.39 bits per heavy atom. The molecule has 0 saturated carbocycles. The fourth-order valence-corrected chi connectivity index (χ4v) is 5.55. The number of ether oxygens (including phenoxy) is 3. The first-order chi connectivity index (χ1) is 18.4. The SMILES string of the molecule is COCCN(CC(=O)N1CCc2sccc2[C@@H]1COc1ccc(C(C)C)cc1)C(=O)c1ccc(OC)cc1. The highest BCUT2D eigenvalue weighted by molar-refractivity contribution is 7.10. The zero-order valence-electron chi connectivity index (χ0n) is 22.5. The van der Waals surface area contributed by atoms with Gasteiger partial charge in [0, 0.05) is 30.6 Å². The van der Waals surface area contributed by atoms with Crippen molar-refractivity contribution in [2.75, 3.05) is 47.1 Å². The Morgan fingerprint density at radius 2 is 1.74 bits per heavy atom. The van der Waals surface area contributed by atoms with E-state index in [2.05, 4.69) is 37.4 Å². The number of methoxy groups -OCH3 is 2. The van der Waals surface area contributed by atoms with Gasteiger partial charge < -0.3 is 24.0 Å². The van der Waals surface area contributed by atoms with Gasteiger partial charge in [-0.15, -0.1) is 11.3 Å². The second-order valence-electron chi connectivity index (χ2n) is 9.63. The molecule has 0 spiro atoms. The smallest absolute Gasteiger partial charge is 0.254 e. The van der Waals surface area contributed by atoms with Crippen LogP contribution >= 0.6 is 11.3 Å². The standard InChI is InChI=1S/C30H36N2O5S/c1-21(2)22-5-11-25(12-6-22)37-20-27-26-14-18-38-28(26)13-15-32(27)29(33)19-31(16-17-35-3)30(34)23-7-9-24(36-4)10-8-23/h5-12,14,18,21,27H,13,15-17,19-20H2,1-4H3/t27-/m0/s1. The van der Waals surface area contributed by atoms with Crippen LogP contribution in [0.2, 0.25) is 0 Å². The van der Waals surface area contributed by atoms with Crippen LogP contribution in [0.25, 0.3) is 0 Å². The third kappa shape index (κ3) is 6.55. The van der Waals surface area contributed by atoms with Crippen molar-refractivity contribution in [3.63, 3.8) is 0 Å². The van der Waals surface area contributed by atoms with Gasteiger partial charge in [0.25, 0.3) is 5.91 Å². The van der Waals surface area contributed by atoms with Crippen molar-refractivity contribution in [2.45, 2.75) is 32.2 Å². The molecule has 1 aromatic heterocycles. The van der Waals surface area contributed by atoms with Gasteiger partial charge >= 0.3 is 0 Å². The summed E-state index contributed by atoms with van der Waals surface area (Å²) in [5, 5.41) is 2.07. The lowest BCUT2D eigenvalue weighted by molar-refractivity contribution is -0.135. The first-order valence-corrected chi connectivity index (χ1v) is 13.8. The van der Waals surface area contributed by atoms with E-state index in [0.29, 0.717) is 43.5 Å². The van der Waals surface area contributed by atoms with Crippen LogP contribution in [0.3, 0.4) is 0 Å². The Labute approximate surface area is 228 Å². The molecule has 2 aromatic carbocycles. The molecule has 0 aliphatic carbocycles. The highest BCUT2D eigenvalue weighted by atomic mass is 32.1. The summed E-state index contributed by atoms with van der Waals surface area (Å²) in [7, 11) is 3.17. The zero-order chi connectivity index (χ0) is 27.1. The molecule has 3 aromatic rings. The number of benzene rings is 2. The van der Waals surface area contributed by atoms with Crippen LogP contribution in [-0.2, 0) is 16.0 Å². The van der Waals surface area contributed by atoms with Gasteiger partial charge in [-0.2, -0.15) is 0 Å². The quantitative estimate of drug-likeness (QED) is 0.338. The topological polar surface area (TPSA) is 68.3 Å². The van der Waals surface area contributed by atoms with Crippen LogP contribution < -0.4 is 9.47 Å². The molecule has 0 fully saturated rings. The summed E-state index contributed by atoms with van der Waals surface area (Å²) < 4.78 is 16.6. The Balaban J connectivity index is 1.50. The molecule has 202 valence electrons. The average molecular weight is 537 g/mol. The third-order valence-electron chi connectivity index (χ3n) is 6.89. The van der Waals surface area contributed by atoms with E-state index in [1.807, 2.05) is 17.0 Å². The summed E-state index contributed by atoms with van der Waals surface area (Å²) in [6.07, 6.45) is 0.794. The molecular formula is C30H36N2O5S. The summed E-state index contributed by atoms with van der Waals surface area (Å²) in [6, 6.07) is 16.9. The fraction of sp³-hybridized carbons (Fsp3) is 0.400. The Kier molecular flexibility index (Phi) is 9.42. The van der Waals surface area contributed by atoms with E-state index in [9.17, 15) is 9.59 Å². The van der Waals surface area contributed by atoms with Crippen molar-refractivity contribution in [3.8, 4) is 11.5 Å². The van der Waals surface area contributed by atoms with Crippen LogP contribution in [0, 0.1) is 0 Å². The Morgan fingerprint density at radius 1 is 1.03 bits per heavy atom. The molecule has 38 heavy (non-hydrogen) atoms. The third-order valence-corrected chi connectivity index (χ3v) is 7.88. The molecule has 1 aliphatic heterocycles. The molecule has 2 heterocycles. The molecular weight excluding hydrogens is 500 g/mol. The predicted molar refractivity (Wildman–Crippen MR) is 149 cm³/mol. The van der Waals surface area contributed by atoms with Crippen LogP contribution in [0.15, 0.2) is 60.0 Å². The number of carbonyl (C=O) groups excluding carboxylic acids is 2. The van der Waals surface area contributed by atoms with Gasteiger partial charge in [-0.1, -0.05) is 26.0 Å². The maximum absolute atomic E-state index is 13.7. The van der Waals surface area contributed by atoms with Crippen LogP contribution in [0.1, 0.15) is 52.2 Å². The largest absolute Gasteiger partial charge is 0.497 e. The second-order valence-corrected chi connectivity index (χ2v) is 10.6. The van der Waals surface area contributed by atoms with Crippen molar-refractivity contribution in [2.24, 2.45) is 0 Å². The van der Waals surface area contributed by atoms with Crippen molar-refractivity contribution >= 4 is 23.2 Å². The van der Waals surface area contributed by atoms with E-state index in [1.165, 1.54) is 10.4 Å². The van der Waals surface area contributed by atoms with Gasteiger partial charge in [0.2, 0.25) is 5.91 Å². The predicted octanol–water partition coefficient (Wildman–Crippen LogP) is 5.17. The number of hydrogen-bond donors (Lipinski definition) is 0. The summed E-state index contributed by atoms with van der Waals surface area (Å²) in [5.41, 5.74) is 2.88. The molecule has 4 rings (SSSR count). The molecule has 8 heteroatoms. The van der Waals surface area contributed by atoms with Crippen molar-refractivity contribution in [1.82, 2.24) is 9.80 Å². The number of amides is 2. The Hall–Kier alpha value is -3.36. The van der Waals surface area contributed by atoms with Crippen molar-refractivity contribution < 1.29 is 23.8 Å². The van der Waals surface area contributed by atoms with Gasteiger partial charge in [0.05, 0.1) is 19.8 Å². The van der Waals surface area contributed by atoms with E-state index >= 15 is 0 Å². The first-order valence-electron chi connectivity index (χ1n) is 12.9. The summed E-state index contributed by atoms with van der Waals surface area (Å²) in [4.78, 5) is 31.7. The fourth-order valence-electron chi connectivity index (χ4n) is 4.62. The molecule has 0 N–H and O–H groups in total. The molecule has 0 bridgehead atoms. The minimum absolute atomic E-state index is 0.0344. The van der Waals surface area contributed by atoms with Crippen LogP contribution in [0.4, 0.5) is 0 Å². The van der Waals surface area contributed by atoms with Gasteiger partial charge in [-0.05, 0) is 71.3 Å². The van der Waals surface area contributed by atoms with E-state index in [0.717, 1.165) is 17.7 Å². The number of carbonyl (C=O) groups is 2. The number of hydrogen-bond acceptors (Lipinski definition) is 6. The minimum Gasteiger partial charge on any atom is -0.497 e. The number of fused-ring (bicyclic) bond motifs is 1. The van der Waals surface area contributed by atoms with Gasteiger partial charge in [0.15, 0.2) is 0 Å². The molecule has 0 unspecified atom stereocenters. The number of rotatable bonds is 11. The Bertz CT molecular complexity index is 1210. The van der Waals surface area contributed by atoms with E-state index < -0.39 is 0 Å². The lowest BCUT2D eigenvalue weighted by Crippen LogP contribution is -2.48.